The summed E-state index contributed by atoms with van der Waals surface area (Å²) in [6.07, 6.45) is 1.51. The van der Waals surface area contributed by atoms with Crippen molar-refractivity contribution in [1.29, 1.82) is 0 Å². The molecule has 1 aliphatic heterocycles. The molecule has 2 aromatic rings. The van der Waals surface area contributed by atoms with Gasteiger partial charge in [0.1, 0.15) is 0 Å². The predicted molar refractivity (Wildman–Crippen MR) is 101 cm³/mol. The third-order valence-electron chi connectivity index (χ3n) is 3.84. The predicted octanol–water partition coefficient (Wildman–Crippen LogP) is 3.91. The zero-order chi connectivity index (χ0) is 17.9. The minimum absolute atomic E-state index is 0.154. The molecule has 132 valence electrons. The summed E-state index contributed by atoms with van der Waals surface area (Å²) < 4.78 is 25.8. The summed E-state index contributed by atoms with van der Waals surface area (Å²) in [5, 5.41) is 5.98. The number of nitrogens with one attached hydrogen (secondary N) is 2. The number of amides is 2. The highest BCUT2D eigenvalue weighted by molar-refractivity contribution is 7.92. The van der Waals surface area contributed by atoms with Crippen molar-refractivity contribution in [1.82, 2.24) is 0 Å². The van der Waals surface area contributed by atoms with Gasteiger partial charge in [-0.2, -0.15) is 0 Å². The van der Waals surface area contributed by atoms with Crippen LogP contribution in [0.15, 0.2) is 48.5 Å². The number of hydrogen-bond donors (Lipinski definition) is 2. The standard InChI is InChI=1S/C17H18ClN3O3S/c18-13-6-8-14(9-7-13)19-17(22)20-15-4-3-5-16(12-15)21-10-1-2-11-25(21,23)24/h3-9,12H,1-2,10-11H2,(H2,19,20,22). The molecular formula is C17H18ClN3O3S. The van der Waals surface area contributed by atoms with Crippen LogP contribution in [0.3, 0.4) is 0 Å². The Morgan fingerprint density at radius 1 is 1.00 bits per heavy atom. The third kappa shape index (κ3) is 4.43. The molecule has 0 aliphatic carbocycles. The van der Waals surface area contributed by atoms with Crippen molar-refractivity contribution < 1.29 is 13.2 Å². The Labute approximate surface area is 151 Å². The van der Waals surface area contributed by atoms with E-state index >= 15 is 0 Å². The van der Waals surface area contributed by atoms with Gasteiger partial charge in [-0.1, -0.05) is 17.7 Å². The van der Waals surface area contributed by atoms with Crippen molar-refractivity contribution >= 4 is 44.7 Å². The number of carbonyl (C=O) groups excluding carboxylic acids is 1. The van der Waals surface area contributed by atoms with Crippen molar-refractivity contribution in [3.05, 3.63) is 53.6 Å². The quantitative estimate of drug-likeness (QED) is 0.848. The normalized spacial score (nSPS) is 16.3. The molecule has 0 unspecified atom stereocenters. The first kappa shape index (κ1) is 17.6. The lowest BCUT2D eigenvalue weighted by molar-refractivity contribution is 0.262. The lowest BCUT2D eigenvalue weighted by atomic mass is 10.2. The van der Waals surface area contributed by atoms with E-state index in [1.807, 2.05) is 0 Å². The molecule has 1 aliphatic rings. The number of anilines is 3. The Morgan fingerprint density at radius 3 is 2.44 bits per heavy atom. The highest BCUT2D eigenvalue weighted by Gasteiger charge is 2.26. The smallest absolute Gasteiger partial charge is 0.308 e. The monoisotopic (exact) mass is 379 g/mol. The van der Waals surface area contributed by atoms with E-state index in [4.69, 9.17) is 11.6 Å². The molecule has 0 aromatic heterocycles. The molecule has 2 amide bonds. The molecule has 2 N–H and O–H groups in total. The molecule has 1 fully saturated rings. The molecule has 1 heterocycles. The van der Waals surface area contributed by atoms with Gasteiger partial charge in [0.25, 0.3) is 0 Å². The SMILES string of the molecule is O=C(Nc1ccc(Cl)cc1)Nc1cccc(N2CCCCS2(=O)=O)c1. The Balaban J connectivity index is 1.71. The first-order chi connectivity index (χ1) is 11.9. The summed E-state index contributed by atoms with van der Waals surface area (Å²) in [6.45, 7) is 0.461. The number of sulfonamides is 1. The Bertz CT molecular complexity index is 869. The third-order valence-corrected chi connectivity index (χ3v) is 5.96. The number of benzene rings is 2. The van der Waals surface area contributed by atoms with E-state index < -0.39 is 16.1 Å². The summed E-state index contributed by atoms with van der Waals surface area (Å²) in [7, 11) is -3.28. The summed E-state index contributed by atoms with van der Waals surface area (Å²) >= 11 is 5.81. The fraction of sp³-hybridized carbons (Fsp3) is 0.235. The fourth-order valence-electron chi connectivity index (χ4n) is 2.64. The van der Waals surface area contributed by atoms with Crippen LogP contribution in [0, 0.1) is 0 Å². The van der Waals surface area contributed by atoms with Gasteiger partial charge in [0.05, 0.1) is 11.4 Å². The summed E-state index contributed by atoms with van der Waals surface area (Å²) in [5.74, 6) is 0.154. The van der Waals surface area contributed by atoms with Crippen LogP contribution < -0.4 is 14.9 Å². The van der Waals surface area contributed by atoms with Crippen molar-refractivity contribution in [3.63, 3.8) is 0 Å². The topological polar surface area (TPSA) is 78.5 Å². The van der Waals surface area contributed by atoms with E-state index in [1.165, 1.54) is 4.31 Å². The first-order valence-corrected chi connectivity index (χ1v) is 9.87. The lowest BCUT2D eigenvalue weighted by Gasteiger charge is -2.28. The molecular weight excluding hydrogens is 362 g/mol. The maximum atomic E-state index is 12.2. The van der Waals surface area contributed by atoms with Crippen LogP contribution >= 0.6 is 11.6 Å². The van der Waals surface area contributed by atoms with Gasteiger partial charge in [-0.15, -0.1) is 0 Å². The number of halogens is 1. The minimum Gasteiger partial charge on any atom is -0.308 e. The van der Waals surface area contributed by atoms with Crippen LogP contribution in [-0.2, 0) is 10.0 Å². The number of carbonyl (C=O) groups is 1. The summed E-state index contributed by atoms with van der Waals surface area (Å²) in [5.41, 5.74) is 1.69. The molecule has 2 aromatic carbocycles. The first-order valence-electron chi connectivity index (χ1n) is 7.88. The fourth-order valence-corrected chi connectivity index (χ4v) is 4.40. The van der Waals surface area contributed by atoms with Crippen molar-refractivity contribution in [3.8, 4) is 0 Å². The molecule has 6 nitrogen and oxygen atoms in total. The van der Waals surface area contributed by atoms with E-state index in [2.05, 4.69) is 10.6 Å². The van der Waals surface area contributed by atoms with Crippen molar-refractivity contribution in [2.45, 2.75) is 12.8 Å². The molecule has 0 saturated carbocycles. The van der Waals surface area contributed by atoms with Gasteiger partial charge in [-0.25, -0.2) is 13.2 Å². The van der Waals surface area contributed by atoms with Gasteiger partial charge in [-0.05, 0) is 55.3 Å². The van der Waals surface area contributed by atoms with Crippen molar-refractivity contribution in [2.75, 3.05) is 27.2 Å². The lowest BCUT2D eigenvalue weighted by Crippen LogP contribution is -2.37. The average molecular weight is 380 g/mol. The molecule has 25 heavy (non-hydrogen) atoms. The van der Waals surface area contributed by atoms with Crippen LogP contribution in [0.4, 0.5) is 21.9 Å². The Morgan fingerprint density at radius 2 is 1.72 bits per heavy atom. The zero-order valence-electron chi connectivity index (χ0n) is 13.4. The van der Waals surface area contributed by atoms with Gasteiger partial charge in [0, 0.05) is 22.9 Å². The highest BCUT2D eigenvalue weighted by atomic mass is 35.5. The second-order valence-corrected chi connectivity index (χ2v) is 8.18. The van der Waals surface area contributed by atoms with Crippen LogP contribution in [0.5, 0.6) is 0 Å². The summed E-state index contributed by atoms with van der Waals surface area (Å²) in [6, 6.07) is 13.1. The second-order valence-electron chi connectivity index (χ2n) is 5.73. The van der Waals surface area contributed by atoms with E-state index in [0.29, 0.717) is 35.1 Å². The van der Waals surface area contributed by atoms with E-state index in [1.54, 1.807) is 48.5 Å². The van der Waals surface area contributed by atoms with Crippen molar-refractivity contribution in [2.24, 2.45) is 0 Å². The van der Waals surface area contributed by atoms with E-state index in [9.17, 15) is 13.2 Å². The maximum absolute atomic E-state index is 12.2. The number of rotatable bonds is 3. The molecule has 1 saturated heterocycles. The average Bonchev–Trinajstić information content (AvgIpc) is 2.57. The zero-order valence-corrected chi connectivity index (χ0v) is 15.0. The highest BCUT2D eigenvalue weighted by Crippen LogP contribution is 2.26. The maximum Gasteiger partial charge on any atom is 0.323 e. The van der Waals surface area contributed by atoms with Crippen LogP contribution in [-0.4, -0.2) is 26.7 Å². The largest absolute Gasteiger partial charge is 0.323 e. The molecule has 0 bridgehead atoms. The molecule has 0 atom stereocenters. The number of hydrogen-bond acceptors (Lipinski definition) is 3. The van der Waals surface area contributed by atoms with Crippen LogP contribution in [0.2, 0.25) is 5.02 Å². The molecule has 0 radical (unpaired) electrons. The van der Waals surface area contributed by atoms with Gasteiger partial charge >= 0.3 is 6.03 Å². The summed E-state index contributed by atoms with van der Waals surface area (Å²) in [4.78, 5) is 12.1. The number of nitrogens with zero attached hydrogens (tertiary/aromatic N) is 1. The molecule has 3 rings (SSSR count). The van der Waals surface area contributed by atoms with E-state index in [0.717, 1.165) is 6.42 Å². The second kappa shape index (κ2) is 7.33. The van der Waals surface area contributed by atoms with Gasteiger partial charge in [0.2, 0.25) is 10.0 Å². The number of urea groups is 1. The van der Waals surface area contributed by atoms with Crippen LogP contribution in [0.25, 0.3) is 0 Å². The molecule has 8 heteroatoms. The Kier molecular flexibility index (Phi) is 5.15. The van der Waals surface area contributed by atoms with Crippen LogP contribution in [0.1, 0.15) is 12.8 Å². The molecule has 0 spiro atoms. The minimum atomic E-state index is -3.28. The Hall–Kier alpha value is -2.25. The van der Waals surface area contributed by atoms with Gasteiger partial charge in [0.15, 0.2) is 0 Å². The van der Waals surface area contributed by atoms with Gasteiger partial charge < -0.3 is 10.6 Å². The van der Waals surface area contributed by atoms with E-state index in [-0.39, 0.29) is 5.75 Å². The van der Waals surface area contributed by atoms with Gasteiger partial charge in [-0.3, -0.25) is 4.31 Å².